The Kier molecular flexibility index (Phi) is 4.20. The van der Waals surface area contributed by atoms with Crippen molar-refractivity contribution in [2.75, 3.05) is 0 Å². The van der Waals surface area contributed by atoms with Crippen molar-refractivity contribution in [3.63, 3.8) is 0 Å². The topological polar surface area (TPSA) is 17.1 Å². The summed E-state index contributed by atoms with van der Waals surface area (Å²) in [6.45, 7) is 4.06. The van der Waals surface area contributed by atoms with Crippen molar-refractivity contribution in [2.24, 2.45) is 0 Å². The minimum absolute atomic E-state index is 0.442. The summed E-state index contributed by atoms with van der Waals surface area (Å²) in [7, 11) is 0. The first-order valence-corrected chi connectivity index (χ1v) is 3.22. The highest BCUT2D eigenvalue weighted by atomic mass is 32.2. The SMILES string of the molecule is CCC(C)S[C]=O. The fourth-order valence-corrected chi connectivity index (χ4v) is 0.496. The molecule has 0 aliphatic heterocycles. The maximum Gasteiger partial charge on any atom is 0.266 e. The summed E-state index contributed by atoms with van der Waals surface area (Å²) >= 11 is 1.23. The number of hydrogen-bond acceptors (Lipinski definition) is 2. The molecular weight excluding hydrogens is 108 g/mol. The van der Waals surface area contributed by atoms with Gasteiger partial charge in [0.05, 0.1) is 0 Å². The quantitative estimate of drug-likeness (QED) is 0.558. The van der Waals surface area contributed by atoms with Gasteiger partial charge in [-0.2, -0.15) is 0 Å². The van der Waals surface area contributed by atoms with Gasteiger partial charge in [-0.3, -0.25) is 4.79 Å². The summed E-state index contributed by atoms with van der Waals surface area (Å²) in [5.74, 6) is 0. The molecule has 0 N–H and O–H groups in total. The van der Waals surface area contributed by atoms with Crippen molar-refractivity contribution in [1.82, 2.24) is 0 Å². The van der Waals surface area contributed by atoms with Crippen molar-refractivity contribution in [3.05, 3.63) is 0 Å². The van der Waals surface area contributed by atoms with E-state index in [0.717, 1.165) is 6.42 Å². The third-order valence-corrected chi connectivity index (χ3v) is 1.66. The summed E-state index contributed by atoms with van der Waals surface area (Å²) < 4.78 is 0. The third-order valence-electron chi connectivity index (χ3n) is 0.824. The second-order valence-corrected chi connectivity index (χ2v) is 2.63. The first kappa shape index (κ1) is 7.02. The fourth-order valence-electron chi connectivity index (χ4n) is 0.165. The van der Waals surface area contributed by atoms with Crippen LogP contribution in [-0.4, -0.2) is 10.9 Å². The molecule has 0 aromatic heterocycles. The van der Waals surface area contributed by atoms with E-state index >= 15 is 0 Å². The Bertz CT molecular complexity index is 54.0. The Morgan fingerprint density at radius 2 is 2.43 bits per heavy atom. The zero-order valence-electron chi connectivity index (χ0n) is 4.60. The van der Waals surface area contributed by atoms with Gasteiger partial charge in [-0.15, -0.1) is 0 Å². The predicted molar refractivity (Wildman–Crippen MR) is 33.0 cm³/mol. The van der Waals surface area contributed by atoms with Crippen LogP contribution in [0.3, 0.4) is 0 Å². The van der Waals surface area contributed by atoms with Crippen LogP contribution in [0.2, 0.25) is 0 Å². The second kappa shape index (κ2) is 4.19. The summed E-state index contributed by atoms with van der Waals surface area (Å²) in [5.41, 5.74) is 1.79. The summed E-state index contributed by atoms with van der Waals surface area (Å²) in [6.07, 6.45) is 1.04. The van der Waals surface area contributed by atoms with E-state index in [1.54, 1.807) is 5.62 Å². The average molecular weight is 117 g/mol. The van der Waals surface area contributed by atoms with E-state index in [4.69, 9.17) is 0 Å². The van der Waals surface area contributed by atoms with Crippen LogP contribution in [0.1, 0.15) is 20.3 Å². The molecule has 1 nitrogen and oxygen atoms in total. The molecule has 0 aliphatic rings. The number of hydrogen-bond donors (Lipinski definition) is 0. The molecule has 0 rings (SSSR count). The lowest BCUT2D eigenvalue weighted by atomic mass is 10.4. The average Bonchev–Trinajstić information content (AvgIpc) is 1.68. The van der Waals surface area contributed by atoms with E-state index in [9.17, 15) is 4.79 Å². The van der Waals surface area contributed by atoms with Crippen molar-refractivity contribution in [3.8, 4) is 0 Å². The highest BCUT2D eigenvalue weighted by Gasteiger charge is 1.94. The lowest BCUT2D eigenvalue weighted by molar-refractivity contribution is 0.569. The Morgan fingerprint density at radius 1 is 1.86 bits per heavy atom. The first-order chi connectivity index (χ1) is 3.31. The van der Waals surface area contributed by atoms with Gasteiger partial charge in [0.1, 0.15) is 0 Å². The zero-order valence-corrected chi connectivity index (χ0v) is 5.42. The first-order valence-electron chi connectivity index (χ1n) is 2.34. The van der Waals surface area contributed by atoms with Gasteiger partial charge in [0.25, 0.3) is 5.62 Å². The molecule has 0 heterocycles. The molecule has 1 radical (unpaired) electrons. The van der Waals surface area contributed by atoms with Crippen LogP contribution in [0.4, 0.5) is 0 Å². The Hall–Kier alpha value is 0.0200. The summed E-state index contributed by atoms with van der Waals surface area (Å²) in [4.78, 5) is 9.61. The van der Waals surface area contributed by atoms with E-state index in [1.165, 1.54) is 11.8 Å². The molecule has 2 heteroatoms. The highest BCUT2D eigenvalue weighted by Crippen LogP contribution is 2.08. The van der Waals surface area contributed by atoms with E-state index in [2.05, 4.69) is 6.92 Å². The number of rotatable bonds is 3. The van der Waals surface area contributed by atoms with Crippen LogP contribution in [-0.2, 0) is 4.79 Å². The van der Waals surface area contributed by atoms with Gasteiger partial charge in [-0.25, -0.2) is 0 Å². The largest absolute Gasteiger partial charge is 0.277 e. The lowest BCUT2D eigenvalue weighted by Crippen LogP contribution is -1.90. The lowest BCUT2D eigenvalue weighted by Gasteiger charge is -1.96. The zero-order chi connectivity index (χ0) is 5.70. The smallest absolute Gasteiger partial charge is 0.266 e. The van der Waals surface area contributed by atoms with Gasteiger partial charge in [0.15, 0.2) is 0 Å². The maximum absolute atomic E-state index is 9.61. The van der Waals surface area contributed by atoms with Gasteiger partial charge >= 0.3 is 0 Å². The maximum atomic E-state index is 9.61. The third kappa shape index (κ3) is 3.86. The molecule has 7 heavy (non-hydrogen) atoms. The highest BCUT2D eigenvalue weighted by molar-refractivity contribution is 8.12. The monoisotopic (exact) mass is 117 g/mol. The Labute approximate surface area is 48.5 Å². The molecule has 0 aliphatic carbocycles. The normalized spacial score (nSPS) is 13.4. The van der Waals surface area contributed by atoms with Gasteiger partial charge in [0, 0.05) is 5.25 Å². The molecule has 1 atom stereocenters. The minimum Gasteiger partial charge on any atom is -0.277 e. The molecule has 41 valence electrons. The molecular formula is C5H9OS. The van der Waals surface area contributed by atoms with Gasteiger partial charge < -0.3 is 0 Å². The van der Waals surface area contributed by atoms with Crippen LogP contribution < -0.4 is 0 Å². The van der Waals surface area contributed by atoms with Crippen molar-refractivity contribution < 1.29 is 4.79 Å². The molecule has 0 amide bonds. The minimum atomic E-state index is 0.442. The van der Waals surface area contributed by atoms with E-state index < -0.39 is 0 Å². The summed E-state index contributed by atoms with van der Waals surface area (Å²) in [5, 5.41) is 0.442. The summed E-state index contributed by atoms with van der Waals surface area (Å²) in [6, 6.07) is 0. The Morgan fingerprint density at radius 3 is 2.57 bits per heavy atom. The van der Waals surface area contributed by atoms with E-state index in [1.807, 2.05) is 6.92 Å². The molecule has 0 aromatic rings. The van der Waals surface area contributed by atoms with Crippen LogP contribution >= 0.6 is 11.8 Å². The fraction of sp³-hybridized carbons (Fsp3) is 0.800. The van der Waals surface area contributed by atoms with Gasteiger partial charge in [-0.1, -0.05) is 25.6 Å². The van der Waals surface area contributed by atoms with Crippen molar-refractivity contribution in [2.45, 2.75) is 25.5 Å². The van der Waals surface area contributed by atoms with Crippen LogP contribution in [0, 0.1) is 0 Å². The van der Waals surface area contributed by atoms with Crippen molar-refractivity contribution in [1.29, 1.82) is 0 Å². The molecule has 0 saturated carbocycles. The molecule has 0 spiro atoms. The van der Waals surface area contributed by atoms with E-state index in [0.29, 0.717) is 5.25 Å². The molecule has 0 bridgehead atoms. The predicted octanol–water partition coefficient (Wildman–Crippen LogP) is 1.59. The Balaban J connectivity index is 2.98. The number of carbonyl (C=O) groups excluding carboxylic acids is 1. The van der Waals surface area contributed by atoms with Crippen LogP contribution in [0.5, 0.6) is 0 Å². The van der Waals surface area contributed by atoms with E-state index in [-0.39, 0.29) is 0 Å². The van der Waals surface area contributed by atoms with Gasteiger partial charge in [-0.05, 0) is 6.42 Å². The molecule has 0 fully saturated rings. The second-order valence-electron chi connectivity index (χ2n) is 1.42. The van der Waals surface area contributed by atoms with Crippen molar-refractivity contribution >= 4 is 17.4 Å². The molecule has 1 unspecified atom stereocenters. The van der Waals surface area contributed by atoms with Crippen LogP contribution in [0.15, 0.2) is 0 Å². The molecule has 0 aromatic carbocycles. The number of thioether (sulfide) groups is 1. The van der Waals surface area contributed by atoms with Crippen LogP contribution in [0.25, 0.3) is 0 Å². The standard InChI is InChI=1S/C5H9OS/c1-3-5(2)7-4-6/h5H,3H2,1-2H3. The van der Waals surface area contributed by atoms with Gasteiger partial charge in [0.2, 0.25) is 0 Å². The molecule has 0 saturated heterocycles.